The highest BCUT2D eigenvalue weighted by atomic mass is 35.5. The first kappa shape index (κ1) is 18.3. The highest BCUT2D eigenvalue weighted by molar-refractivity contribution is 7.80. The number of carbonyl (C=O) groups excluding carboxylic acids is 1. The summed E-state index contributed by atoms with van der Waals surface area (Å²) in [6.45, 7) is 0.519. The molecule has 0 radical (unpaired) electrons. The highest BCUT2D eigenvalue weighted by Gasteiger charge is 2.31. The molecule has 1 atom stereocenters. The van der Waals surface area contributed by atoms with Crippen LogP contribution in [0, 0.1) is 0 Å². The Morgan fingerprint density at radius 1 is 1.08 bits per heavy atom. The van der Waals surface area contributed by atoms with Crippen LogP contribution < -0.4 is 15.5 Å². The van der Waals surface area contributed by atoms with Crippen LogP contribution in [0.15, 0.2) is 42.5 Å². The Labute approximate surface area is 166 Å². The standard InChI is InChI=1S/C17H14Cl3N3OS/c18-10-1-4-13(5-2-10)23-9-12(8-16(23)24)21-17(25)22-15-7-11(19)3-6-14(15)20/h1-7,12H,8-9H2,(H2,21,22,25). The van der Waals surface area contributed by atoms with Crippen molar-refractivity contribution in [3.63, 3.8) is 0 Å². The van der Waals surface area contributed by atoms with Crippen LogP contribution in [0.1, 0.15) is 6.42 Å². The zero-order valence-electron chi connectivity index (χ0n) is 12.9. The van der Waals surface area contributed by atoms with E-state index in [1.165, 1.54) is 0 Å². The zero-order valence-corrected chi connectivity index (χ0v) is 16.0. The van der Waals surface area contributed by atoms with Crippen molar-refractivity contribution < 1.29 is 4.79 Å². The van der Waals surface area contributed by atoms with E-state index in [1.54, 1.807) is 35.2 Å². The Balaban J connectivity index is 1.62. The molecule has 1 fully saturated rings. The first-order valence-electron chi connectivity index (χ1n) is 7.51. The topological polar surface area (TPSA) is 44.4 Å². The molecule has 1 aliphatic rings. The third-order valence-electron chi connectivity index (χ3n) is 3.78. The van der Waals surface area contributed by atoms with Crippen LogP contribution in [0.3, 0.4) is 0 Å². The zero-order chi connectivity index (χ0) is 18.0. The van der Waals surface area contributed by atoms with Gasteiger partial charge >= 0.3 is 0 Å². The molecule has 0 aliphatic carbocycles. The molecular formula is C17H14Cl3N3OS. The summed E-state index contributed by atoms with van der Waals surface area (Å²) in [4.78, 5) is 14.0. The Kier molecular flexibility index (Phi) is 5.69. The SMILES string of the molecule is O=C1CC(NC(=S)Nc2cc(Cl)ccc2Cl)CN1c1ccc(Cl)cc1. The van der Waals surface area contributed by atoms with Gasteiger partial charge in [0.25, 0.3) is 0 Å². The second kappa shape index (κ2) is 7.79. The molecule has 8 heteroatoms. The van der Waals surface area contributed by atoms with E-state index in [2.05, 4.69) is 10.6 Å². The van der Waals surface area contributed by atoms with E-state index in [1.807, 2.05) is 12.1 Å². The van der Waals surface area contributed by atoms with Crippen LogP contribution in [-0.2, 0) is 4.79 Å². The number of nitrogens with zero attached hydrogens (tertiary/aromatic N) is 1. The molecule has 0 aromatic heterocycles. The second-order valence-corrected chi connectivity index (χ2v) is 7.29. The lowest BCUT2D eigenvalue weighted by atomic mass is 10.2. The third kappa shape index (κ3) is 4.55. The number of halogens is 3. The van der Waals surface area contributed by atoms with Gasteiger partial charge in [0.2, 0.25) is 5.91 Å². The average Bonchev–Trinajstić information content (AvgIpc) is 2.92. The van der Waals surface area contributed by atoms with Gasteiger partial charge in [-0.25, -0.2) is 0 Å². The molecule has 3 rings (SSSR count). The molecule has 130 valence electrons. The van der Waals surface area contributed by atoms with Crippen molar-refractivity contribution in [2.24, 2.45) is 0 Å². The number of anilines is 2. The van der Waals surface area contributed by atoms with E-state index in [-0.39, 0.29) is 11.9 Å². The molecule has 1 aliphatic heterocycles. The van der Waals surface area contributed by atoms with E-state index < -0.39 is 0 Å². The van der Waals surface area contributed by atoms with Gasteiger partial charge in [-0.05, 0) is 54.7 Å². The maximum atomic E-state index is 12.3. The summed E-state index contributed by atoms with van der Waals surface area (Å²) in [5, 5.41) is 8.25. The molecule has 25 heavy (non-hydrogen) atoms. The Morgan fingerprint density at radius 3 is 2.48 bits per heavy atom. The van der Waals surface area contributed by atoms with Crippen molar-refractivity contribution in [2.75, 3.05) is 16.8 Å². The van der Waals surface area contributed by atoms with Crippen molar-refractivity contribution in [1.29, 1.82) is 0 Å². The Hall–Kier alpha value is -1.53. The van der Waals surface area contributed by atoms with Crippen molar-refractivity contribution in [3.8, 4) is 0 Å². The van der Waals surface area contributed by atoms with Crippen LogP contribution in [0.4, 0.5) is 11.4 Å². The van der Waals surface area contributed by atoms with Gasteiger partial charge in [-0.15, -0.1) is 0 Å². The van der Waals surface area contributed by atoms with E-state index in [0.29, 0.717) is 38.8 Å². The maximum Gasteiger partial charge on any atom is 0.229 e. The molecule has 0 bridgehead atoms. The van der Waals surface area contributed by atoms with Gasteiger partial charge in [0.1, 0.15) is 0 Å². The lowest BCUT2D eigenvalue weighted by Gasteiger charge is -2.19. The minimum absolute atomic E-state index is 0.0309. The van der Waals surface area contributed by atoms with Gasteiger partial charge < -0.3 is 15.5 Å². The number of benzene rings is 2. The molecule has 0 spiro atoms. The average molecular weight is 415 g/mol. The molecule has 4 nitrogen and oxygen atoms in total. The summed E-state index contributed by atoms with van der Waals surface area (Å²) >= 11 is 23.3. The fourth-order valence-corrected chi connectivity index (χ4v) is 3.35. The van der Waals surface area contributed by atoms with Crippen molar-refractivity contribution in [1.82, 2.24) is 5.32 Å². The Bertz CT molecular complexity index is 813. The lowest BCUT2D eigenvalue weighted by molar-refractivity contribution is -0.117. The quantitative estimate of drug-likeness (QED) is 0.712. The molecule has 1 heterocycles. The molecule has 1 unspecified atom stereocenters. The highest BCUT2D eigenvalue weighted by Crippen LogP contribution is 2.26. The van der Waals surface area contributed by atoms with Crippen LogP contribution in [0.25, 0.3) is 0 Å². The fourth-order valence-electron chi connectivity index (χ4n) is 2.61. The van der Waals surface area contributed by atoms with Gasteiger partial charge in [-0.3, -0.25) is 4.79 Å². The lowest BCUT2D eigenvalue weighted by Crippen LogP contribution is -2.39. The maximum absolute atomic E-state index is 12.3. The van der Waals surface area contributed by atoms with Crippen molar-refractivity contribution in [2.45, 2.75) is 12.5 Å². The summed E-state index contributed by atoms with van der Waals surface area (Å²) in [5.41, 5.74) is 1.43. The summed E-state index contributed by atoms with van der Waals surface area (Å²) in [6.07, 6.45) is 0.355. The minimum atomic E-state index is -0.0962. The fraction of sp³-hybridized carbons (Fsp3) is 0.176. The molecular weight excluding hydrogens is 401 g/mol. The molecule has 2 aromatic rings. The van der Waals surface area contributed by atoms with Gasteiger partial charge in [0, 0.05) is 28.7 Å². The van der Waals surface area contributed by atoms with E-state index in [4.69, 9.17) is 47.0 Å². The number of rotatable bonds is 3. The largest absolute Gasteiger partial charge is 0.357 e. The van der Waals surface area contributed by atoms with Crippen LogP contribution in [-0.4, -0.2) is 23.6 Å². The van der Waals surface area contributed by atoms with Gasteiger partial charge in [-0.1, -0.05) is 34.8 Å². The minimum Gasteiger partial charge on any atom is -0.357 e. The molecule has 2 N–H and O–H groups in total. The predicted molar refractivity (Wildman–Crippen MR) is 108 cm³/mol. The van der Waals surface area contributed by atoms with E-state index in [9.17, 15) is 4.79 Å². The molecule has 1 amide bonds. The molecule has 1 saturated heterocycles. The number of nitrogens with one attached hydrogen (secondary N) is 2. The molecule has 0 saturated carbocycles. The normalized spacial score (nSPS) is 16.8. The second-order valence-electron chi connectivity index (χ2n) is 5.60. The first-order valence-corrected chi connectivity index (χ1v) is 9.05. The van der Waals surface area contributed by atoms with Crippen molar-refractivity contribution in [3.05, 3.63) is 57.5 Å². The van der Waals surface area contributed by atoms with Crippen LogP contribution in [0.2, 0.25) is 15.1 Å². The third-order valence-corrected chi connectivity index (χ3v) is 4.81. The van der Waals surface area contributed by atoms with E-state index >= 15 is 0 Å². The summed E-state index contributed by atoms with van der Waals surface area (Å²) in [7, 11) is 0. The summed E-state index contributed by atoms with van der Waals surface area (Å²) in [6, 6.07) is 12.2. The van der Waals surface area contributed by atoms with Crippen LogP contribution >= 0.6 is 47.0 Å². The number of hydrogen-bond donors (Lipinski definition) is 2. The summed E-state index contributed by atoms with van der Waals surface area (Å²) in [5.74, 6) is 0.0309. The first-order chi connectivity index (χ1) is 11.9. The van der Waals surface area contributed by atoms with E-state index in [0.717, 1.165) is 5.69 Å². The Morgan fingerprint density at radius 2 is 1.76 bits per heavy atom. The number of hydrogen-bond acceptors (Lipinski definition) is 2. The van der Waals surface area contributed by atoms with Crippen molar-refractivity contribution >= 4 is 69.4 Å². The number of carbonyl (C=O) groups is 1. The van der Waals surface area contributed by atoms with Crippen LogP contribution in [0.5, 0.6) is 0 Å². The van der Waals surface area contributed by atoms with Gasteiger partial charge in [-0.2, -0.15) is 0 Å². The number of amides is 1. The van der Waals surface area contributed by atoms with Gasteiger partial charge in [0.15, 0.2) is 5.11 Å². The smallest absolute Gasteiger partial charge is 0.229 e. The monoisotopic (exact) mass is 413 g/mol. The predicted octanol–water partition coefficient (Wildman–Crippen LogP) is 4.74. The number of thiocarbonyl (C=S) groups is 1. The van der Waals surface area contributed by atoms with Gasteiger partial charge in [0.05, 0.1) is 16.8 Å². The summed E-state index contributed by atoms with van der Waals surface area (Å²) < 4.78 is 0. The molecule has 2 aromatic carbocycles.